The van der Waals surface area contributed by atoms with Gasteiger partial charge in [-0.1, -0.05) is 0 Å². The smallest absolute Gasteiger partial charge is 0.405 e. The molecule has 1 atom stereocenters. The van der Waals surface area contributed by atoms with Crippen LogP contribution in [0.25, 0.3) is 0 Å². The zero-order chi connectivity index (χ0) is 12.1. The van der Waals surface area contributed by atoms with Crippen LogP contribution in [0.3, 0.4) is 0 Å². The highest BCUT2D eigenvalue weighted by Crippen LogP contribution is 2.15. The van der Waals surface area contributed by atoms with Crippen LogP contribution in [0, 0.1) is 17.2 Å². The fraction of sp³-hybridized carbons (Fsp3) is 0.667. The summed E-state index contributed by atoms with van der Waals surface area (Å²) in [6, 6.07) is 1.14. The van der Waals surface area contributed by atoms with Gasteiger partial charge in [0, 0.05) is 20.2 Å². The lowest BCUT2D eigenvalue weighted by Gasteiger charge is -2.37. The number of likely N-dealkylation sites (tertiary alicyclic amines) is 1. The molecular formula is C9H13N3O4. The summed E-state index contributed by atoms with van der Waals surface area (Å²) in [5.74, 6) is -0.493. The van der Waals surface area contributed by atoms with Crippen LogP contribution in [0.5, 0.6) is 0 Å². The van der Waals surface area contributed by atoms with E-state index in [0.29, 0.717) is 13.1 Å². The molecule has 0 aromatic rings. The number of methoxy groups -OCH3 is 1. The van der Waals surface area contributed by atoms with Crippen LogP contribution in [-0.2, 0) is 9.53 Å². The molecule has 1 fully saturated rings. The molecule has 2 amide bonds. The van der Waals surface area contributed by atoms with E-state index < -0.39 is 12.1 Å². The maximum absolute atomic E-state index is 11.7. The lowest BCUT2D eigenvalue weighted by molar-refractivity contribution is -0.139. The first-order valence-corrected chi connectivity index (χ1v) is 4.75. The maximum Gasteiger partial charge on any atom is 0.405 e. The minimum Gasteiger partial charge on any atom is -0.465 e. The third-order valence-corrected chi connectivity index (χ3v) is 2.30. The van der Waals surface area contributed by atoms with Gasteiger partial charge in [0.2, 0.25) is 5.91 Å². The first-order chi connectivity index (χ1) is 7.58. The van der Waals surface area contributed by atoms with E-state index in [-0.39, 0.29) is 18.4 Å². The molecule has 0 spiro atoms. The topological polar surface area (TPSA) is 103 Å². The van der Waals surface area contributed by atoms with E-state index in [1.807, 2.05) is 6.07 Å². The average molecular weight is 227 g/mol. The fourth-order valence-corrected chi connectivity index (χ4v) is 1.45. The summed E-state index contributed by atoms with van der Waals surface area (Å²) in [6.45, 7) is 0.701. The van der Waals surface area contributed by atoms with Gasteiger partial charge >= 0.3 is 6.09 Å². The Bertz CT molecular complexity index is 319. The number of carbonyl (C=O) groups excluding carboxylic acids is 1. The van der Waals surface area contributed by atoms with E-state index in [0.717, 1.165) is 0 Å². The minimum absolute atomic E-state index is 0.0150. The number of carbonyl (C=O) groups is 2. The molecule has 1 rings (SSSR count). The van der Waals surface area contributed by atoms with Crippen molar-refractivity contribution in [3.8, 4) is 6.07 Å². The van der Waals surface area contributed by atoms with Crippen molar-refractivity contribution >= 4 is 12.0 Å². The van der Waals surface area contributed by atoms with Crippen molar-refractivity contribution < 1.29 is 19.4 Å². The first kappa shape index (κ1) is 12.3. The Balaban J connectivity index is 2.49. The molecule has 1 aliphatic rings. The molecule has 0 unspecified atom stereocenters. The van der Waals surface area contributed by atoms with Crippen molar-refractivity contribution in [3.05, 3.63) is 0 Å². The van der Waals surface area contributed by atoms with Crippen molar-refractivity contribution in [1.29, 1.82) is 5.26 Å². The van der Waals surface area contributed by atoms with Crippen molar-refractivity contribution in [3.63, 3.8) is 0 Å². The first-order valence-electron chi connectivity index (χ1n) is 4.75. The van der Waals surface area contributed by atoms with Crippen LogP contribution in [-0.4, -0.2) is 54.9 Å². The Morgan fingerprint density at radius 2 is 2.31 bits per heavy atom. The number of nitrogens with zero attached hydrogens (tertiary/aromatic N) is 2. The van der Waals surface area contributed by atoms with Gasteiger partial charge in [0.15, 0.2) is 0 Å². The van der Waals surface area contributed by atoms with Crippen LogP contribution in [0.2, 0.25) is 0 Å². The lowest BCUT2D eigenvalue weighted by Crippen LogP contribution is -2.57. The Hall–Kier alpha value is -1.81. The highest BCUT2D eigenvalue weighted by Gasteiger charge is 2.35. The average Bonchev–Trinajstić information content (AvgIpc) is 2.14. The molecule has 2 N–H and O–H groups in total. The predicted molar refractivity (Wildman–Crippen MR) is 52.5 cm³/mol. The number of rotatable bonds is 4. The lowest BCUT2D eigenvalue weighted by atomic mass is 10.0. The number of hydrogen-bond donors (Lipinski definition) is 2. The summed E-state index contributed by atoms with van der Waals surface area (Å²) in [7, 11) is 1.39. The second kappa shape index (κ2) is 5.32. The summed E-state index contributed by atoms with van der Waals surface area (Å²) < 4.78 is 4.76. The predicted octanol–water partition coefficient (Wildman–Crippen LogP) is -0.749. The summed E-state index contributed by atoms with van der Waals surface area (Å²) in [6.07, 6.45) is -1.27. The second-order valence-electron chi connectivity index (χ2n) is 3.53. The molecule has 0 radical (unpaired) electrons. The van der Waals surface area contributed by atoms with Gasteiger partial charge in [-0.3, -0.25) is 4.79 Å². The Kier molecular flexibility index (Phi) is 4.08. The molecule has 1 heterocycles. The Morgan fingerprint density at radius 1 is 1.69 bits per heavy atom. The summed E-state index contributed by atoms with van der Waals surface area (Å²) in [5.41, 5.74) is 0. The molecule has 7 heteroatoms. The van der Waals surface area contributed by atoms with Gasteiger partial charge < -0.3 is 20.1 Å². The standard InChI is InChI=1S/C9H13N3O4/c1-16-5-7(11-9(14)15)8(13)12-3-6(2-10)4-12/h6-7,11H,3-5H2,1H3,(H,14,15)/t7-/m1/s1. The molecule has 0 bridgehead atoms. The van der Waals surface area contributed by atoms with E-state index in [9.17, 15) is 9.59 Å². The number of ether oxygens (including phenoxy) is 1. The number of nitrogens with one attached hydrogen (secondary N) is 1. The van der Waals surface area contributed by atoms with E-state index in [4.69, 9.17) is 15.1 Å². The Labute approximate surface area is 92.6 Å². The molecule has 0 saturated carbocycles. The van der Waals surface area contributed by atoms with Crippen molar-refractivity contribution in [2.75, 3.05) is 26.8 Å². The zero-order valence-corrected chi connectivity index (χ0v) is 8.84. The summed E-state index contributed by atoms with van der Waals surface area (Å²) in [5, 5.41) is 19.2. The van der Waals surface area contributed by atoms with Crippen molar-refractivity contribution in [1.82, 2.24) is 10.2 Å². The van der Waals surface area contributed by atoms with E-state index in [1.165, 1.54) is 12.0 Å². The van der Waals surface area contributed by atoms with E-state index >= 15 is 0 Å². The quantitative estimate of drug-likeness (QED) is 0.657. The number of amides is 2. The second-order valence-corrected chi connectivity index (χ2v) is 3.53. The summed E-state index contributed by atoms with van der Waals surface area (Å²) in [4.78, 5) is 23.6. The van der Waals surface area contributed by atoms with Gasteiger partial charge in [-0.2, -0.15) is 5.26 Å². The molecule has 1 aliphatic heterocycles. The molecule has 1 saturated heterocycles. The van der Waals surface area contributed by atoms with E-state index in [1.54, 1.807) is 0 Å². The molecule has 16 heavy (non-hydrogen) atoms. The van der Waals surface area contributed by atoms with Crippen molar-refractivity contribution in [2.45, 2.75) is 6.04 Å². The fourth-order valence-electron chi connectivity index (χ4n) is 1.45. The van der Waals surface area contributed by atoms with Crippen LogP contribution in [0.1, 0.15) is 0 Å². The van der Waals surface area contributed by atoms with Gasteiger partial charge in [0.25, 0.3) is 0 Å². The molecule has 88 valence electrons. The summed E-state index contributed by atoms with van der Waals surface area (Å²) >= 11 is 0. The largest absolute Gasteiger partial charge is 0.465 e. The molecule has 7 nitrogen and oxygen atoms in total. The third kappa shape index (κ3) is 2.84. The number of nitriles is 1. The van der Waals surface area contributed by atoms with Crippen LogP contribution >= 0.6 is 0 Å². The SMILES string of the molecule is COC[C@@H](NC(=O)O)C(=O)N1CC(C#N)C1. The molecule has 0 aliphatic carbocycles. The molecular weight excluding hydrogens is 214 g/mol. The highest BCUT2D eigenvalue weighted by atomic mass is 16.5. The molecule has 0 aromatic heterocycles. The normalized spacial score (nSPS) is 17.1. The monoisotopic (exact) mass is 227 g/mol. The molecule has 0 aromatic carbocycles. The maximum atomic E-state index is 11.7. The highest BCUT2D eigenvalue weighted by molar-refractivity contribution is 5.86. The van der Waals surface area contributed by atoms with Crippen molar-refractivity contribution in [2.24, 2.45) is 5.92 Å². The van der Waals surface area contributed by atoms with Gasteiger partial charge in [0.05, 0.1) is 18.6 Å². The van der Waals surface area contributed by atoms with Crippen LogP contribution in [0.4, 0.5) is 4.79 Å². The van der Waals surface area contributed by atoms with Gasteiger partial charge in [-0.05, 0) is 0 Å². The Morgan fingerprint density at radius 3 is 2.75 bits per heavy atom. The third-order valence-electron chi connectivity index (χ3n) is 2.30. The van der Waals surface area contributed by atoms with Gasteiger partial charge in [0.1, 0.15) is 6.04 Å². The number of carboxylic acid groups (broad SMARTS) is 1. The van der Waals surface area contributed by atoms with Crippen LogP contribution < -0.4 is 5.32 Å². The van der Waals surface area contributed by atoms with Gasteiger partial charge in [-0.15, -0.1) is 0 Å². The number of hydrogen-bond acceptors (Lipinski definition) is 4. The van der Waals surface area contributed by atoms with E-state index in [2.05, 4.69) is 5.32 Å². The van der Waals surface area contributed by atoms with Crippen LogP contribution in [0.15, 0.2) is 0 Å². The minimum atomic E-state index is -1.27. The zero-order valence-electron chi connectivity index (χ0n) is 8.84. The van der Waals surface area contributed by atoms with Gasteiger partial charge in [-0.25, -0.2) is 4.79 Å².